The molecule has 0 radical (unpaired) electrons. The van der Waals surface area contributed by atoms with E-state index in [4.69, 9.17) is 0 Å². The minimum atomic E-state index is -0.00176. The van der Waals surface area contributed by atoms with Gasteiger partial charge in [0.25, 0.3) is 5.91 Å². The van der Waals surface area contributed by atoms with E-state index in [1.165, 1.54) is 23.3 Å². The highest BCUT2D eigenvalue weighted by molar-refractivity contribution is 7.14. The second-order valence-corrected chi connectivity index (χ2v) is 6.93. The average Bonchev–Trinajstić information content (AvgIpc) is 3.17. The van der Waals surface area contributed by atoms with Gasteiger partial charge in [0.1, 0.15) is 6.33 Å². The highest BCUT2D eigenvalue weighted by atomic mass is 32.1. The first kappa shape index (κ1) is 15.2. The monoisotopic (exact) mass is 318 g/mol. The zero-order valence-electron chi connectivity index (χ0n) is 13.1. The molecule has 1 aliphatic carbocycles. The maximum atomic E-state index is 12.4. The molecule has 0 aromatic carbocycles. The van der Waals surface area contributed by atoms with Crippen LogP contribution < -0.4 is 5.32 Å². The molecule has 1 aliphatic rings. The summed E-state index contributed by atoms with van der Waals surface area (Å²) in [6.07, 6.45) is 6.42. The van der Waals surface area contributed by atoms with Crippen LogP contribution in [0, 0.1) is 5.92 Å². The molecule has 5 nitrogen and oxygen atoms in total. The van der Waals surface area contributed by atoms with E-state index < -0.39 is 0 Å². The Kier molecular flexibility index (Phi) is 4.57. The lowest BCUT2D eigenvalue weighted by atomic mass is 9.87. The Morgan fingerprint density at radius 2 is 2.36 bits per heavy atom. The Morgan fingerprint density at radius 1 is 1.50 bits per heavy atom. The number of nitrogens with one attached hydrogen (secondary N) is 1. The smallest absolute Gasteiger partial charge is 0.261 e. The first-order valence-corrected chi connectivity index (χ1v) is 8.79. The number of rotatable bonds is 5. The second kappa shape index (κ2) is 6.60. The van der Waals surface area contributed by atoms with Crippen molar-refractivity contribution in [2.24, 2.45) is 5.92 Å². The molecule has 6 heteroatoms. The third-order valence-corrected chi connectivity index (χ3v) is 5.67. The summed E-state index contributed by atoms with van der Waals surface area (Å²) < 4.78 is 1.94. The number of aromatic nitrogens is 3. The SMILES string of the molecule is CC[C@@H]1CCc2sc(C(=O)NCc3nncn3CC)cc2C1. The van der Waals surface area contributed by atoms with Crippen LogP contribution in [-0.2, 0) is 25.9 Å². The first-order valence-electron chi connectivity index (χ1n) is 7.97. The van der Waals surface area contributed by atoms with Crippen LogP contribution in [0.25, 0.3) is 0 Å². The predicted molar refractivity (Wildman–Crippen MR) is 87.0 cm³/mol. The molecule has 0 spiro atoms. The van der Waals surface area contributed by atoms with Crippen molar-refractivity contribution in [2.75, 3.05) is 0 Å². The molecule has 0 fully saturated rings. The van der Waals surface area contributed by atoms with Gasteiger partial charge in [0.2, 0.25) is 0 Å². The number of nitrogens with zero attached hydrogens (tertiary/aromatic N) is 3. The van der Waals surface area contributed by atoms with Gasteiger partial charge in [-0.1, -0.05) is 13.3 Å². The Bertz CT molecular complexity index is 661. The van der Waals surface area contributed by atoms with Gasteiger partial charge >= 0.3 is 0 Å². The number of carbonyl (C=O) groups excluding carboxylic acids is 1. The summed E-state index contributed by atoms with van der Waals surface area (Å²) in [6, 6.07) is 2.09. The fourth-order valence-electron chi connectivity index (χ4n) is 2.99. The molecule has 0 bridgehead atoms. The Hall–Kier alpha value is -1.69. The molecule has 0 aliphatic heterocycles. The number of carbonyl (C=O) groups is 1. The van der Waals surface area contributed by atoms with E-state index in [1.807, 2.05) is 11.5 Å². The topological polar surface area (TPSA) is 59.8 Å². The third-order valence-electron chi connectivity index (χ3n) is 4.43. The van der Waals surface area contributed by atoms with Crippen LogP contribution in [0.1, 0.15) is 52.6 Å². The average molecular weight is 318 g/mol. The van der Waals surface area contributed by atoms with Gasteiger partial charge in [-0.05, 0) is 43.7 Å². The number of amides is 1. The summed E-state index contributed by atoms with van der Waals surface area (Å²) in [5, 5.41) is 10.9. The summed E-state index contributed by atoms with van der Waals surface area (Å²) in [5.74, 6) is 1.57. The number of thiophene rings is 1. The van der Waals surface area contributed by atoms with Crippen LogP contribution in [0.15, 0.2) is 12.4 Å². The van der Waals surface area contributed by atoms with Crippen molar-refractivity contribution < 1.29 is 4.79 Å². The lowest BCUT2D eigenvalue weighted by molar-refractivity contribution is 0.0953. The summed E-state index contributed by atoms with van der Waals surface area (Å²) in [4.78, 5) is 14.6. The van der Waals surface area contributed by atoms with Gasteiger partial charge in [-0.3, -0.25) is 4.79 Å². The van der Waals surface area contributed by atoms with E-state index in [2.05, 4.69) is 28.5 Å². The second-order valence-electron chi connectivity index (χ2n) is 5.79. The van der Waals surface area contributed by atoms with Gasteiger partial charge < -0.3 is 9.88 Å². The maximum absolute atomic E-state index is 12.4. The lowest BCUT2D eigenvalue weighted by Gasteiger charge is -2.19. The largest absolute Gasteiger partial charge is 0.344 e. The standard InChI is InChI=1S/C16H22N4OS/c1-3-11-5-6-13-12(7-11)8-14(22-13)16(21)17-9-15-19-18-10-20(15)4-2/h8,10-11H,3-7,9H2,1-2H3,(H,17,21)/t11-/m1/s1. The normalized spacial score (nSPS) is 17.3. The molecule has 1 amide bonds. The van der Waals surface area contributed by atoms with Crippen LogP contribution in [0.4, 0.5) is 0 Å². The van der Waals surface area contributed by atoms with E-state index in [0.29, 0.717) is 6.54 Å². The molecule has 2 aromatic rings. The molecule has 0 saturated carbocycles. The van der Waals surface area contributed by atoms with Crippen LogP contribution in [0.2, 0.25) is 0 Å². The zero-order valence-corrected chi connectivity index (χ0v) is 13.9. The minimum Gasteiger partial charge on any atom is -0.344 e. The summed E-state index contributed by atoms with van der Waals surface area (Å²) in [5.41, 5.74) is 1.38. The highest BCUT2D eigenvalue weighted by Gasteiger charge is 2.22. The molecule has 118 valence electrons. The van der Waals surface area contributed by atoms with E-state index in [1.54, 1.807) is 17.7 Å². The number of fused-ring (bicyclic) bond motifs is 1. The van der Waals surface area contributed by atoms with Gasteiger partial charge in [-0.25, -0.2) is 0 Å². The van der Waals surface area contributed by atoms with E-state index in [0.717, 1.165) is 36.0 Å². The number of hydrogen-bond acceptors (Lipinski definition) is 4. The molecule has 2 aromatic heterocycles. The number of aryl methyl sites for hydroxylation is 2. The predicted octanol–water partition coefficient (Wildman–Crippen LogP) is 2.80. The minimum absolute atomic E-state index is 0.00176. The molecule has 0 unspecified atom stereocenters. The van der Waals surface area contributed by atoms with Crippen LogP contribution in [0.5, 0.6) is 0 Å². The van der Waals surface area contributed by atoms with E-state index in [9.17, 15) is 4.79 Å². The Balaban J connectivity index is 1.65. The Labute approximate surface area is 134 Å². The van der Waals surface area contributed by atoms with Crippen molar-refractivity contribution in [3.63, 3.8) is 0 Å². The first-order chi connectivity index (χ1) is 10.7. The quantitative estimate of drug-likeness (QED) is 0.922. The fraction of sp³-hybridized carbons (Fsp3) is 0.562. The molecular weight excluding hydrogens is 296 g/mol. The van der Waals surface area contributed by atoms with Crippen LogP contribution in [-0.4, -0.2) is 20.7 Å². The summed E-state index contributed by atoms with van der Waals surface area (Å²) >= 11 is 1.65. The molecular formula is C16H22N4OS. The molecule has 1 atom stereocenters. The van der Waals surface area contributed by atoms with Crippen molar-refractivity contribution in [1.82, 2.24) is 20.1 Å². The zero-order chi connectivity index (χ0) is 15.5. The third kappa shape index (κ3) is 3.06. The molecule has 2 heterocycles. The Morgan fingerprint density at radius 3 is 3.14 bits per heavy atom. The van der Waals surface area contributed by atoms with Crippen molar-refractivity contribution in [2.45, 2.75) is 52.6 Å². The number of hydrogen-bond donors (Lipinski definition) is 1. The van der Waals surface area contributed by atoms with E-state index >= 15 is 0 Å². The van der Waals surface area contributed by atoms with Crippen LogP contribution in [0.3, 0.4) is 0 Å². The van der Waals surface area contributed by atoms with Gasteiger partial charge in [0, 0.05) is 11.4 Å². The van der Waals surface area contributed by atoms with Crippen molar-refractivity contribution in [1.29, 1.82) is 0 Å². The molecule has 0 saturated heterocycles. The van der Waals surface area contributed by atoms with Crippen molar-refractivity contribution in [3.05, 3.63) is 33.5 Å². The van der Waals surface area contributed by atoms with Crippen molar-refractivity contribution >= 4 is 17.2 Å². The summed E-state index contributed by atoms with van der Waals surface area (Å²) in [6.45, 7) is 5.52. The van der Waals surface area contributed by atoms with Gasteiger partial charge in [0.05, 0.1) is 11.4 Å². The van der Waals surface area contributed by atoms with Gasteiger partial charge in [-0.2, -0.15) is 0 Å². The fourth-order valence-corrected chi connectivity index (χ4v) is 4.11. The summed E-state index contributed by atoms with van der Waals surface area (Å²) in [7, 11) is 0. The molecule has 3 rings (SSSR count). The molecule has 1 N–H and O–H groups in total. The van der Waals surface area contributed by atoms with Gasteiger partial charge in [-0.15, -0.1) is 21.5 Å². The lowest BCUT2D eigenvalue weighted by Crippen LogP contribution is -2.23. The molecule has 22 heavy (non-hydrogen) atoms. The highest BCUT2D eigenvalue weighted by Crippen LogP contribution is 2.33. The van der Waals surface area contributed by atoms with Gasteiger partial charge in [0.15, 0.2) is 5.82 Å². The maximum Gasteiger partial charge on any atom is 0.261 e. The van der Waals surface area contributed by atoms with Crippen LogP contribution >= 0.6 is 11.3 Å². The van der Waals surface area contributed by atoms with Crippen molar-refractivity contribution in [3.8, 4) is 0 Å². The van der Waals surface area contributed by atoms with E-state index in [-0.39, 0.29) is 5.91 Å².